The summed E-state index contributed by atoms with van der Waals surface area (Å²) >= 11 is 0. The molecule has 0 saturated heterocycles. The minimum Gasteiger partial charge on any atom is -0.494 e. The van der Waals surface area contributed by atoms with Crippen molar-refractivity contribution in [3.63, 3.8) is 0 Å². The van der Waals surface area contributed by atoms with Crippen LogP contribution < -0.4 is 14.5 Å². The summed E-state index contributed by atoms with van der Waals surface area (Å²) in [6.07, 6.45) is 1.91. The monoisotopic (exact) mass is 482 g/mol. The van der Waals surface area contributed by atoms with Gasteiger partial charge in [0, 0.05) is 0 Å². The number of nitrogens with zero attached hydrogens (tertiary/aromatic N) is 1. The predicted molar refractivity (Wildman–Crippen MR) is 132 cm³/mol. The molecule has 0 aliphatic carbocycles. The van der Waals surface area contributed by atoms with Crippen LogP contribution in [0.3, 0.4) is 0 Å². The molecule has 0 aromatic heterocycles. The van der Waals surface area contributed by atoms with Crippen LogP contribution in [0.2, 0.25) is 0 Å². The first kappa shape index (κ1) is 25.3. The molecule has 0 unspecified atom stereocenters. The van der Waals surface area contributed by atoms with Crippen LogP contribution in [-0.2, 0) is 16.6 Å². The molecule has 0 bridgehead atoms. The summed E-state index contributed by atoms with van der Waals surface area (Å²) in [4.78, 5) is 12.6. The van der Waals surface area contributed by atoms with E-state index in [9.17, 15) is 18.4 Å². The van der Waals surface area contributed by atoms with Crippen molar-refractivity contribution in [3.8, 4) is 5.75 Å². The zero-order valence-corrected chi connectivity index (χ0v) is 20.4. The first-order valence-corrected chi connectivity index (χ1v) is 12.6. The molecule has 0 atom stereocenters. The number of hydrogen-bond donors (Lipinski definition) is 2. The van der Waals surface area contributed by atoms with E-state index in [0.717, 1.165) is 24.0 Å². The molecule has 0 aliphatic heterocycles. The minimum absolute atomic E-state index is 0.00747. The minimum atomic E-state index is -4.08. The van der Waals surface area contributed by atoms with Gasteiger partial charge in [0.2, 0.25) is 0 Å². The molecular formula is C26H30N2O5S. The van der Waals surface area contributed by atoms with Crippen LogP contribution in [0.15, 0.2) is 71.6 Å². The fourth-order valence-corrected chi connectivity index (χ4v) is 5.26. The lowest BCUT2D eigenvalue weighted by molar-refractivity contribution is 0.0707. The van der Waals surface area contributed by atoms with Crippen LogP contribution in [0.5, 0.6) is 5.75 Å². The normalized spacial score (nSPS) is 11.2. The molecule has 3 aromatic carbocycles. The summed E-state index contributed by atoms with van der Waals surface area (Å²) in [5.74, 6) is -0.191. The molecule has 0 fully saturated rings. The lowest BCUT2D eigenvalue weighted by atomic mass is 10.0. The second kappa shape index (κ2) is 11.2. The molecule has 0 spiro atoms. The Hall–Kier alpha value is -3.36. The molecule has 0 radical (unpaired) electrons. The molecule has 7 nitrogen and oxygen atoms in total. The van der Waals surface area contributed by atoms with Gasteiger partial charge in [-0.25, -0.2) is 13.9 Å². The van der Waals surface area contributed by atoms with Crippen molar-refractivity contribution >= 4 is 21.6 Å². The van der Waals surface area contributed by atoms with Crippen LogP contribution in [0.4, 0.5) is 5.69 Å². The van der Waals surface area contributed by atoms with E-state index in [1.54, 1.807) is 37.5 Å². The van der Waals surface area contributed by atoms with Crippen LogP contribution in [0.1, 0.15) is 46.8 Å². The van der Waals surface area contributed by atoms with Crippen molar-refractivity contribution < 1.29 is 23.2 Å². The van der Waals surface area contributed by atoms with Crippen LogP contribution in [-0.4, -0.2) is 26.1 Å². The smallest absolute Gasteiger partial charge is 0.276 e. The van der Waals surface area contributed by atoms with Gasteiger partial charge in [0.05, 0.1) is 29.3 Å². The number of anilines is 1. The van der Waals surface area contributed by atoms with Crippen molar-refractivity contribution in [2.24, 2.45) is 0 Å². The van der Waals surface area contributed by atoms with Gasteiger partial charge in [0.15, 0.2) is 0 Å². The van der Waals surface area contributed by atoms with Gasteiger partial charge in [-0.05, 0) is 67.3 Å². The van der Waals surface area contributed by atoms with E-state index in [1.165, 1.54) is 16.4 Å². The van der Waals surface area contributed by atoms with E-state index in [0.29, 0.717) is 17.9 Å². The van der Waals surface area contributed by atoms with Crippen molar-refractivity contribution in [2.45, 2.75) is 45.1 Å². The highest BCUT2D eigenvalue weighted by molar-refractivity contribution is 7.92. The molecule has 2 N–H and O–H groups in total. The number of benzene rings is 3. The summed E-state index contributed by atoms with van der Waals surface area (Å²) in [6.45, 7) is 6.18. The van der Waals surface area contributed by atoms with Crippen LogP contribution in [0.25, 0.3) is 0 Å². The second-order valence-electron chi connectivity index (χ2n) is 8.09. The Balaban J connectivity index is 2.11. The maximum absolute atomic E-state index is 13.9. The van der Waals surface area contributed by atoms with Gasteiger partial charge in [-0.1, -0.05) is 49.7 Å². The maximum atomic E-state index is 13.9. The molecule has 0 aliphatic rings. The Labute approximate surface area is 201 Å². The SMILES string of the molecule is CCCCOc1ccc(S(=O)(=O)N(Cc2ccccc2)c2c(C)cc(C)cc2C(=O)NO)cc1. The van der Waals surface area contributed by atoms with Gasteiger partial charge in [-0.15, -0.1) is 0 Å². The van der Waals surface area contributed by atoms with Gasteiger partial charge in [0.25, 0.3) is 15.9 Å². The molecule has 0 saturated carbocycles. The summed E-state index contributed by atoms with van der Waals surface area (Å²) in [7, 11) is -4.08. The molecule has 3 rings (SSSR count). The molecule has 34 heavy (non-hydrogen) atoms. The Morgan fingerprint density at radius 3 is 2.32 bits per heavy atom. The van der Waals surface area contributed by atoms with Crippen molar-refractivity contribution in [1.82, 2.24) is 5.48 Å². The van der Waals surface area contributed by atoms with E-state index in [1.807, 2.05) is 36.4 Å². The summed E-state index contributed by atoms with van der Waals surface area (Å²) < 4.78 is 34.7. The average Bonchev–Trinajstić information content (AvgIpc) is 2.83. The van der Waals surface area contributed by atoms with Gasteiger partial charge in [0.1, 0.15) is 5.75 Å². The Morgan fingerprint density at radius 1 is 1.03 bits per heavy atom. The van der Waals surface area contributed by atoms with E-state index in [4.69, 9.17) is 4.74 Å². The number of rotatable bonds is 10. The van der Waals surface area contributed by atoms with Crippen molar-refractivity contribution in [2.75, 3.05) is 10.9 Å². The Bertz CT molecular complexity index is 1230. The molecule has 1 amide bonds. The standard InChI is InChI=1S/C26H30N2O5S/c1-4-5-15-33-22-11-13-23(14-12-22)34(31,32)28(18-21-9-7-6-8-10-21)25-20(3)16-19(2)17-24(25)26(29)27-30/h6-14,16-17,30H,4-5,15,18H2,1-3H3,(H,27,29). The number of aryl methyl sites for hydroxylation is 2. The van der Waals surface area contributed by atoms with E-state index in [2.05, 4.69) is 6.92 Å². The summed E-state index contributed by atoms with van der Waals surface area (Å²) in [5, 5.41) is 9.32. The number of hydroxylamine groups is 1. The third kappa shape index (κ3) is 5.76. The molecule has 3 aromatic rings. The number of carbonyl (C=O) groups excluding carboxylic acids is 1. The first-order chi connectivity index (χ1) is 16.3. The zero-order chi connectivity index (χ0) is 24.7. The number of sulfonamides is 1. The quantitative estimate of drug-likeness (QED) is 0.241. The molecule has 180 valence electrons. The van der Waals surface area contributed by atoms with Crippen molar-refractivity contribution in [3.05, 3.63) is 89.0 Å². The lowest BCUT2D eigenvalue weighted by Crippen LogP contribution is -2.34. The lowest BCUT2D eigenvalue weighted by Gasteiger charge is -2.28. The second-order valence-corrected chi connectivity index (χ2v) is 9.95. The van der Waals surface area contributed by atoms with Gasteiger partial charge in [-0.3, -0.25) is 14.3 Å². The average molecular weight is 483 g/mol. The topological polar surface area (TPSA) is 95.9 Å². The number of nitrogens with one attached hydrogen (secondary N) is 1. The third-order valence-corrected chi connectivity index (χ3v) is 7.15. The molecule has 8 heteroatoms. The number of ether oxygens (including phenoxy) is 1. The van der Waals surface area contributed by atoms with Gasteiger partial charge >= 0.3 is 0 Å². The van der Waals surface area contributed by atoms with E-state index >= 15 is 0 Å². The Kier molecular flexibility index (Phi) is 8.31. The third-order valence-electron chi connectivity index (χ3n) is 5.39. The van der Waals surface area contributed by atoms with Gasteiger partial charge < -0.3 is 4.74 Å². The van der Waals surface area contributed by atoms with E-state index < -0.39 is 15.9 Å². The largest absolute Gasteiger partial charge is 0.494 e. The van der Waals surface area contributed by atoms with E-state index in [-0.39, 0.29) is 22.7 Å². The fourth-order valence-electron chi connectivity index (χ4n) is 3.73. The fraction of sp³-hybridized carbons (Fsp3) is 0.269. The van der Waals surface area contributed by atoms with Crippen LogP contribution in [0, 0.1) is 13.8 Å². The number of hydrogen-bond acceptors (Lipinski definition) is 5. The highest BCUT2D eigenvalue weighted by Gasteiger charge is 2.30. The maximum Gasteiger partial charge on any atom is 0.276 e. The number of carbonyl (C=O) groups is 1. The molecular weight excluding hydrogens is 452 g/mol. The molecule has 0 heterocycles. The zero-order valence-electron chi connectivity index (χ0n) is 19.6. The first-order valence-electron chi connectivity index (χ1n) is 11.1. The highest BCUT2D eigenvalue weighted by atomic mass is 32.2. The van der Waals surface area contributed by atoms with Crippen molar-refractivity contribution in [1.29, 1.82) is 0 Å². The number of unbranched alkanes of at least 4 members (excludes halogenated alkanes) is 1. The summed E-state index contributed by atoms with van der Waals surface area (Å²) in [5.41, 5.74) is 4.04. The van der Waals surface area contributed by atoms with Crippen LogP contribution >= 0.6 is 0 Å². The number of amides is 1. The highest BCUT2D eigenvalue weighted by Crippen LogP contribution is 2.33. The summed E-state index contributed by atoms with van der Waals surface area (Å²) in [6, 6.07) is 18.8. The van der Waals surface area contributed by atoms with Gasteiger partial charge in [-0.2, -0.15) is 0 Å². The Morgan fingerprint density at radius 2 is 1.71 bits per heavy atom. The predicted octanol–water partition coefficient (Wildman–Crippen LogP) is 5.00.